The molecule has 21 heavy (non-hydrogen) atoms. The summed E-state index contributed by atoms with van der Waals surface area (Å²) in [6, 6.07) is 15.6. The van der Waals surface area contributed by atoms with Gasteiger partial charge in [-0.2, -0.15) is 10.5 Å². The molecular formula is C16H8Cl2N2O. The van der Waals surface area contributed by atoms with Gasteiger partial charge in [-0.25, -0.2) is 0 Å². The Kier molecular flexibility index (Phi) is 4.85. The third kappa shape index (κ3) is 3.77. The average molecular weight is 315 g/mol. The molecule has 0 heterocycles. The Labute approximate surface area is 132 Å². The summed E-state index contributed by atoms with van der Waals surface area (Å²) < 4.78 is 5.73. The zero-order valence-corrected chi connectivity index (χ0v) is 12.2. The van der Waals surface area contributed by atoms with Gasteiger partial charge in [-0.15, -0.1) is 0 Å². The molecule has 0 aliphatic rings. The van der Waals surface area contributed by atoms with E-state index in [9.17, 15) is 0 Å². The lowest BCUT2D eigenvalue weighted by Gasteiger charge is -2.10. The highest BCUT2D eigenvalue weighted by atomic mass is 35.5. The smallest absolute Gasteiger partial charge is 0.146 e. The van der Waals surface area contributed by atoms with Crippen molar-refractivity contribution in [1.82, 2.24) is 0 Å². The fraction of sp³-hybridized carbons (Fsp3) is 0. The lowest BCUT2D eigenvalue weighted by atomic mass is 10.1. The quantitative estimate of drug-likeness (QED) is 0.730. The Hall–Kier alpha value is -2.46. The molecule has 0 spiro atoms. The summed E-state index contributed by atoms with van der Waals surface area (Å²) in [7, 11) is 0. The first-order valence-electron chi connectivity index (χ1n) is 5.88. The number of nitrogens with zero attached hydrogens (tertiary/aromatic N) is 2. The van der Waals surface area contributed by atoms with Gasteiger partial charge in [-0.1, -0.05) is 41.4 Å². The number of ether oxygens (including phenoxy) is 1. The van der Waals surface area contributed by atoms with Crippen molar-refractivity contribution in [2.24, 2.45) is 0 Å². The van der Waals surface area contributed by atoms with E-state index in [1.165, 1.54) is 6.08 Å². The van der Waals surface area contributed by atoms with Gasteiger partial charge >= 0.3 is 0 Å². The Morgan fingerprint density at radius 3 is 2.38 bits per heavy atom. The number of halogens is 2. The number of hydrogen-bond donors (Lipinski definition) is 0. The van der Waals surface area contributed by atoms with Crippen LogP contribution in [0.15, 0.2) is 48.0 Å². The molecule has 2 aromatic carbocycles. The molecule has 0 aromatic heterocycles. The molecule has 0 N–H and O–H groups in total. The van der Waals surface area contributed by atoms with E-state index in [2.05, 4.69) is 0 Å². The van der Waals surface area contributed by atoms with Crippen LogP contribution in [0.2, 0.25) is 10.0 Å². The number of para-hydroxylation sites is 1. The third-order valence-electron chi connectivity index (χ3n) is 2.57. The van der Waals surface area contributed by atoms with Gasteiger partial charge in [0.25, 0.3) is 0 Å². The van der Waals surface area contributed by atoms with Crippen LogP contribution in [0.4, 0.5) is 0 Å². The van der Waals surface area contributed by atoms with Gasteiger partial charge in [0.2, 0.25) is 0 Å². The minimum Gasteiger partial charge on any atom is -0.455 e. The molecule has 0 unspecified atom stereocenters. The maximum atomic E-state index is 8.83. The molecule has 102 valence electrons. The molecule has 2 aromatic rings. The summed E-state index contributed by atoms with van der Waals surface area (Å²) in [4.78, 5) is 0. The summed E-state index contributed by atoms with van der Waals surface area (Å²) in [6.45, 7) is 0. The Balaban J connectivity index is 2.40. The summed E-state index contributed by atoms with van der Waals surface area (Å²) in [5.41, 5.74) is 0.606. The summed E-state index contributed by atoms with van der Waals surface area (Å²) in [5.74, 6) is 0.933. The Bertz CT molecular complexity index is 770. The van der Waals surface area contributed by atoms with Crippen molar-refractivity contribution >= 4 is 29.3 Å². The highest BCUT2D eigenvalue weighted by Crippen LogP contribution is 2.33. The van der Waals surface area contributed by atoms with Gasteiger partial charge in [-0.3, -0.25) is 0 Å². The van der Waals surface area contributed by atoms with Crippen LogP contribution in [0.1, 0.15) is 5.56 Å². The highest BCUT2D eigenvalue weighted by Gasteiger charge is 2.07. The van der Waals surface area contributed by atoms with Crippen molar-refractivity contribution in [3.05, 3.63) is 63.6 Å². The monoisotopic (exact) mass is 314 g/mol. The van der Waals surface area contributed by atoms with E-state index < -0.39 is 0 Å². The largest absolute Gasteiger partial charge is 0.455 e. The predicted octanol–water partition coefficient (Wildman–Crippen LogP) is 5.22. The standard InChI is InChI=1S/C16H8Cl2N2O/c17-13-5-6-16(14(18)8-13)21-15-4-2-1-3-12(15)7-11(9-19)10-20/h1-8H. The van der Waals surface area contributed by atoms with Gasteiger partial charge in [0, 0.05) is 10.6 Å². The second kappa shape index (κ2) is 6.81. The SMILES string of the molecule is N#CC(C#N)=Cc1ccccc1Oc1ccc(Cl)cc1Cl. The normalized spacial score (nSPS) is 9.33. The van der Waals surface area contributed by atoms with E-state index in [0.717, 1.165) is 0 Å². The molecule has 0 saturated heterocycles. The lowest BCUT2D eigenvalue weighted by molar-refractivity contribution is 0.482. The van der Waals surface area contributed by atoms with E-state index in [1.54, 1.807) is 42.5 Å². The summed E-state index contributed by atoms with van der Waals surface area (Å²) in [6.07, 6.45) is 1.46. The Morgan fingerprint density at radius 2 is 1.71 bits per heavy atom. The minimum atomic E-state index is -0.00625. The van der Waals surface area contributed by atoms with E-state index >= 15 is 0 Å². The second-order valence-corrected chi connectivity index (χ2v) is 4.84. The van der Waals surface area contributed by atoms with Crippen LogP contribution in [-0.2, 0) is 0 Å². The molecule has 0 bridgehead atoms. The zero-order valence-electron chi connectivity index (χ0n) is 10.7. The van der Waals surface area contributed by atoms with Crippen LogP contribution in [0.25, 0.3) is 6.08 Å². The molecule has 0 atom stereocenters. The fourth-order valence-corrected chi connectivity index (χ4v) is 2.06. The maximum absolute atomic E-state index is 8.83. The molecule has 0 radical (unpaired) electrons. The average Bonchev–Trinajstić information content (AvgIpc) is 2.49. The van der Waals surface area contributed by atoms with Gasteiger partial charge in [-0.05, 0) is 30.3 Å². The van der Waals surface area contributed by atoms with E-state index in [0.29, 0.717) is 27.1 Å². The van der Waals surface area contributed by atoms with Crippen LogP contribution in [0, 0.1) is 22.7 Å². The van der Waals surface area contributed by atoms with Crippen molar-refractivity contribution in [2.45, 2.75) is 0 Å². The summed E-state index contributed by atoms with van der Waals surface area (Å²) in [5, 5.41) is 18.5. The highest BCUT2D eigenvalue weighted by molar-refractivity contribution is 6.35. The van der Waals surface area contributed by atoms with Gasteiger partial charge in [0.15, 0.2) is 0 Å². The van der Waals surface area contributed by atoms with Gasteiger partial charge in [0.1, 0.15) is 29.2 Å². The predicted molar refractivity (Wildman–Crippen MR) is 82.2 cm³/mol. The molecule has 0 aliphatic carbocycles. The number of nitriles is 2. The van der Waals surface area contributed by atoms with Crippen LogP contribution in [0.5, 0.6) is 11.5 Å². The fourth-order valence-electron chi connectivity index (χ4n) is 1.61. The topological polar surface area (TPSA) is 56.8 Å². The molecular weight excluding hydrogens is 307 g/mol. The number of hydrogen-bond acceptors (Lipinski definition) is 3. The van der Waals surface area contributed by atoms with E-state index in [-0.39, 0.29) is 5.57 Å². The van der Waals surface area contributed by atoms with E-state index in [4.69, 9.17) is 38.5 Å². The first-order chi connectivity index (χ1) is 10.1. The molecule has 2 rings (SSSR count). The van der Waals surface area contributed by atoms with Crippen molar-refractivity contribution in [2.75, 3.05) is 0 Å². The Morgan fingerprint density at radius 1 is 1.00 bits per heavy atom. The van der Waals surface area contributed by atoms with Crippen molar-refractivity contribution < 1.29 is 4.74 Å². The third-order valence-corrected chi connectivity index (χ3v) is 3.10. The van der Waals surface area contributed by atoms with Crippen LogP contribution in [0.3, 0.4) is 0 Å². The summed E-state index contributed by atoms with van der Waals surface area (Å²) >= 11 is 11.9. The van der Waals surface area contributed by atoms with Crippen LogP contribution in [-0.4, -0.2) is 0 Å². The molecule has 0 saturated carbocycles. The van der Waals surface area contributed by atoms with Gasteiger partial charge in [0.05, 0.1) is 5.02 Å². The molecule has 3 nitrogen and oxygen atoms in total. The first kappa shape index (κ1) is 14.9. The van der Waals surface area contributed by atoms with Crippen molar-refractivity contribution in [3.63, 3.8) is 0 Å². The molecule has 0 aliphatic heterocycles. The van der Waals surface area contributed by atoms with Crippen LogP contribution >= 0.6 is 23.2 Å². The zero-order chi connectivity index (χ0) is 15.2. The lowest BCUT2D eigenvalue weighted by Crippen LogP contribution is -1.89. The van der Waals surface area contributed by atoms with Crippen molar-refractivity contribution in [3.8, 4) is 23.6 Å². The number of benzene rings is 2. The molecule has 0 amide bonds. The van der Waals surface area contributed by atoms with Crippen LogP contribution < -0.4 is 4.74 Å². The molecule has 0 fully saturated rings. The number of allylic oxidation sites excluding steroid dienone is 1. The van der Waals surface area contributed by atoms with E-state index in [1.807, 2.05) is 12.1 Å². The van der Waals surface area contributed by atoms with Crippen molar-refractivity contribution in [1.29, 1.82) is 10.5 Å². The second-order valence-electron chi connectivity index (χ2n) is 4.00. The first-order valence-corrected chi connectivity index (χ1v) is 6.63. The van der Waals surface area contributed by atoms with Gasteiger partial charge < -0.3 is 4.74 Å². The maximum Gasteiger partial charge on any atom is 0.146 e. The molecule has 5 heteroatoms. The number of rotatable bonds is 3. The minimum absolute atomic E-state index is 0.00625.